The first kappa shape index (κ1) is 27.3. The number of carboxylic acid groups (broad SMARTS) is 1. The van der Waals surface area contributed by atoms with Crippen LogP contribution in [0.2, 0.25) is 0 Å². The highest BCUT2D eigenvalue weighted by molar-refractivity contribution is 7.42. The van der Waals surface area contributed by atoms with E-state index in [1.54, 1.807) is 19.9 Å². The van der Waals surface area contributed by atoms with Crippen LogP contribution < -0.4 is 0 Å². The zero-order valence-electron chi connectivity index (χ0n) is 20.3. The molecule has 3 rings (SSSR count). The van der Waals surface area contributed by atoms with E-state index in [-0.39, 0.29) is 11.6 Å². The number of carboxylic acids is 1. The number of aliphatic hydroxyl groups is 1. The number of aryl methyl sites for hydroxylation is 1. The summed E-state index contributed by atoms with van der Waals surface area (Å²) in [5, 5.41) is 19.8. The lowest BCUT2D eigenvalue weighted by Crippen LogP contribution is -2.56. The zero-order chi connectivity index (χ0) is 26.5. The van der Waals surface area contributed by atoms with Crippen LogP contribution in [0.3, 0.4) is 0 Å². The van der Waals surface area contributed by atoms with Crippen molar-refractivity contribution >= 4 is 14.0 Å². The first-order valence-electron chi connectivity index (χ1n) is 11.6. The molecule has 0 aliphatic rings. The monoisotopic (exact) mass is 509 g/mol. The maximum Gasteiger partial charge on any atom is 0.335 e. The molecule has 0 aliphatic carbocycles. The molecule has 0 aliphatic heterocycles. The van der Waals surface area contributed by atoms with Gasteiger partial charge in [0.1, 0.15) is 11.4 Å². The van der Waals surface area contributed by atoms with Crippen molar-refractivity contribution in [2.24, 2.45) is 5.92 Å². The number of carbonyl (C=O) groups is 1. The summed E-state index contributed by atoms with van der Waals surface area (Å²) in [4.78, 5) is 27.9. The molecule has 0 amide bonds. The second-order valence-electron chi connectivity index (χ2n) is 8.87. The molecule has 0 radical (unpaired) electrons. The standard InChI is InChI=1S/C28H29FNO5P/c1-4-21-12-15-24(30-25(21)22-8-6-5-7-9-22)27(33,18-20-10-13-23(29)14-11-20)28(26(31)32,36(34)35)17-16-19(2)3/h5-15,19,33,36H,4,18H2,1-3H3,(H,31,32)(H,34,35). The van der Waals surface area contributed by atoms with Gasteiger partial charge in [-0.25, -0.2) is 14.2 Å². The molecule has 0 bridgehead atoms. The third-order valence-electron chi connectivity index (χ3n) is 6.01. The van der Waals surface area contributed by atoms with Crippen LogP contribution in [0.1, 0.15) is 37.6 Å². The first-order valence-corrected chi connectivity index (χ1v) is 12.9. The van der Waals surface area contributed by atoms with Gasteiger partial charge in [0.25, 0.3) is 0 Å². The minimum absolute atomic E-state index is 0.115. The van der Waals surface area contributed by atoms with Crippen LogP contribution in [-0.2, 0) is 27.8 Å². The molecule has 0 saturated heterocycles. The van der Waals surface area contributed by atoms with E-state index in [0.29, 0.717) is 17.7 Å². The minimum Gasteiger partial charge on any atom is -0.480 e. The van der Waals surface area contributed by atoms with Gasteiger partial charge in [-0.05, 0) is 35.7 Å². The lowest BCUT2D eigenvalue weighted by molar-refractivity contribution is -0.146. The van der Waals surface area contributed by atoms with Gasteiger partial charge < -0.3 is 15.1 Å². The molecule has 0 saturated carbocycles. The zero-order valence-corrected chi connectivity index (χ0v) is 21.3. The van der Waals surface area contributed by atoms with E-state index in [2.05, 4.69) is 16.8 Å². The van der Waals surface area contributed by atoms with Gasteiger partial charge in [0, 0.05) is 17.9 Å². The smallest absolute Gasteiger partial charge is 0.335 e. The van der Waals surface area contributed by atoms with Crippen molar-refractivity contribution in [3.8, 4) is 23.1 Å². The quantitative estimate of drug-likeness (QED) is 0.297. The molecule has 3 atom stereocenters. The average Bonchev–Trinajstić information content (AvgIpc) is 2.85. The Labute approximate surface area is 210 Å². The van der Waals surface area contributed by atoms with E-state index in [9.17, 15) is 28.9 Å². The van der Waals surface area contributed by atoms with Crippen LogP contribution in [0, 0.1) is 23.6 Å². The van der Waals surface area contributed by atoms with Crippen molar-refractivity contribution in [1.82, 2.24) is 4.98 Å². The van der Waals surface area contributed by atoms with E-state index in [1.165, 1.54) is 30.3 Å². The predicted octanol–water partition coefficient (Wildman–Crippen LogP) is 4.83. The Morgan fingerprint density at radius 1 is 1.08 bits per heavy atom. The molecule has 3 unspecified atom stereocenters. The molecule has 0 spiro atoms. The van der Waals surface area contributed by atoms with Gasteiger partial charge in [-0.2, -0.15) is 0 Å². The molecule has 188 valence electrons. The van der Waals surface area contributed by atoms with E-state index in [4.69, 9.17) is 0 Å². The summed E-state index contributed by atoms with van der Waals surface area (Å²) in [6.45, 7) is 5.35. The van der Waals surface area contributed by atoms with Gasteiger partial charge in [0.2, 0.25) is 13.2 Å². The molecular weight excluding hydrogens is 480 g/mol. The third-order valence-corrected chi connectivity index (χ3v) is 7.41. The molecule has 1 heterocycles. The number of aliphatic carboxylic acids is 1. The van der Waals surface area contributed by atoms with Crippen LogP contribution in [0.15, 0.2) is 66.7 Å². The molecule has 0 fully saturated rings. The fourth-order valence-corrected chi connectivity index (χ4v) is 5.00. The van der Waals surface area contributed by atoms with Crippen molar-refractivity contribution in [3.63, 3.8) is 0 Å². The Morgan fingerprint density at radius 3 is 2.25 bits per heavy atom. The van der Waals surface area contributed by atoms with E-state index >= 15 is 0 Å². The van der Waals surface area contributed by atoms with Gasteiger partial charge in [-0.15, -0.1) is 0 Å². The number of benzene rings is 2. The number of hydrogen-bond acceptors (Lipinski definition) is 4. The van der Waals surface area contributed by atoms with Gasteiger partial charge in [0.15, 0.2) is 0 Å². The number of pyridine rings is 1. The van der Waals surface area contributed by atoms with Crippen molar-refractivity contribution in [3.05, 3.63) is 89.4 Å². The fourth-order valence-electron chi connectivity index (χ4n) is 4.07. The number of aromatic nitrogens is 1. The SMILES string of the molecule is CCc1ccc(C(O)(Cc2ccc(F)cc2)C(C#CC(C)C)(C(=O)O)[PH](=O)O)nc1-c1ccccc1. The molecular formula is C28H29FNO5P. The van der Waals surface area contributed by atoms with Gasteiger partial charge in [-0.3, -0.25) is 4.57 Å². The van der Waals surface area contributed by atoms with Crippen molar-refractivity contribution in [2.75, 3.05) is 0 Å². The summed E-state index contributed by atoms with van der Waals surface area (Å²) in [5.41, 5.74) is -0.190. The topological polar surface area (TPSA) is 108 Å². The van der Waals surface area contributed by atoms with Crippen LogP contribution in [0.25, 0.3) is 11.3 Å². The molecule has 6 nitrogen and oxygen atoms in total. The van der Waals surface area contributed by atoms with Crippen molar-refractivity contribution < 1.29 is 28.9 Å². The molecule has 36 heavy (non-hydrogen) atoms. The average molecular weight is 510 g/mol. The number of rotatable bonds is 8. The van der Waals surface area contributed by atoms with Crippen LogP contribution in [0.5, 0.6) is 0 Å². The lowest BCUT2D eigenvalue weighted by atomic mass is 9.78. The minimum atomic E-state index is -4.04. The summed E-state index contributed by atoms with van der Waals surface area (Å²) in [6.07, 6.45) is 0.178. The van der Waals surface area contributed by atoms with Crippen LogP contribution >= 0.6 is 8.03 Å². The fraction of sp³-hybridized carbons (Fsp3) is 0.286. The summed E-state index contributed by atoms with van der Waals surface area (Å²) < 4.78 is 26.5. The van der Waals surface area contributed by atoms with Gasteiger partial charge >= 0.3 is 5.97 Å². The maximum atomic E-state index is 13.6. The normalized spacial score (nSPS) is 15.3. The Morgan fingerprint density at radius 2 is 1.72 bits per heavy atom. The number of nitrogens with zero attached hydrogens (tertiary/aromatic N) is 1. The summed E-state index contributed by atoms with van der Waals surface area (Å²) in [5.74, 6) is 2.54. The maximum absolute atomic E-state index is 13.6. The molecule has 1 aromatic heterocycles. The first-order chi connectivity index (χ1) is 17.0. The predicted molar refractivity (Wildman–Crippen MR) is 137 cm³/mol. The highest BCUT2D eigenvalue weighted by Crippen LogP contribution is 2.51. The van der Waals surface area contributed by atoms with Crippen molar-refractivity contribution in [1.29, 1.82) is 0 Å². The molecule has 2 aromatic carbocycles. The largest absolute Gasteiger partial charge is 0.480 e. The van der Waals surface area contributed by atoms with Crippen LogP contribution in [0.4, 0.5) is 4.39 Å². The summed E-state index contributed by atoms with van der Waals surface area (Å²) in [6, 6.07) is 17.5. The molecule has 3 N–H and O–H groups in total. The number of hydrogen-bond donors (Lipinski definition) is 3. The summed E-state index contributed by atoms with van der Waals surface area (Å²) >= 11 is 0. The van der Waals surface area contributed by atoms with E-state index in [0.717, 1.165) is 11.1 Å². The second kappa shape index (κ2) is 11.2. The Kier molecular flexibility index (Phi) is 8.47. The third kappa shape index (κ3) is 5.27. The highest BCUT2D eigenvalue weighted by atomic mass is 31.1. The lowest BCUT2D eigenvalue weighted by Gasteiger charge is -2.39. The van der Waals surface area contributed by atoms with Gasteiger partial charge in [-0.1, -0.05) is 81.1 Å². The summed E-state index contributed by atoms with van der Waals surface area (Å²) in [7, 11) is -4.04. The highest BCUT2D eigenvalue weighted by Gasteiger charge is 2.62. The van der Waals surface area contributed by atoms with Crippen LogP contribution in [-0.4, -0.2) is 31.2 Å². The van der Waals surface area contributed by atoms with E-state index < -0.39 is 37.0 Å². The number of halogens is 1. The Hall–Kier alpha value is -3.30. The second-order valence-corrected chi connectivity index (χ2v) is 10.2. The molecule has 3 aromatic rings. The van der Waals surface area contributed by atoms with Gasteiger partial charge in [0.05, 0.1) is 11.4 Å². The Bertz CT molecular complexity index is 1300. The Balaban J connectivity index is 2.38. The van der Waals surface area contributed by atoms with Crippen molar-refractivity contribution in [2.45, 2.75) is 44.4 Å². The van der Waals surface area contributed by atoms with E-state index in [1.807, 2.05) is 37.3 Å². The molecule has 8 heteroatoms.